The van der Waals surface area contributed by atoms with E-state index < -0.39 is 23.7 Å². The molecule has 2 bridgehead atoms. The highest BCUT2D eigenvalue weighted by Crippen LogP contribution is 2.31. The Morgan fingerprint density at radius 2 is 1.84 bits per heavy atom. The molecule has 1 aromatic heterocycles. The fourth-order valence-corrected chi connectivity index (χ4v) is 5.69. The van der Waals surface area contributed by atoms with Crippen molar-refractivity contribution in [3.8, 4) is 17.1 Å². The zero-order valence-electron chi connectivity index (χ0n) is 24.7. The molecule has 5 rings (SSSR count). The molecule has 9 nitrogen and oxygen atoms in total. The molecule has 0 aliphatic carbocycles. The summed E-state index contributed by atoms with van der Waals surface area (Å²) in [5, 5.41) is 5.96. The van der Waals surface area contributed by atoms with Crippen molar-refractivity contribution in [3.05, 3.63) is 77.3 Å². The molecular formula is C33H39FN4O5. The number of furan rings is 1. The maximum Gasteiger partial charge on any atom is 0.257 e. The molecule has 2 aromatic carbocycles. The molecule has 2 aliphatic heterocycles. The van der Waals surface area contributed by atoms with Crippen molar-refractivity contribution >= 4 is 17.7 Å². The van der Waals surface area contributed by atoms with Crippen molar-refractivity contribution in [2.45, 2.75) is 45.7 Å². The summed E-state index contributed by atoms with van der Waals surface area (Å²) >= 11 is 0. The van der Waals surface area contributed by atoms with Gasteiger partial charge in [0, 0.05) is 31.2 Å². The zero-order chi connectivity index (χ0) is 30.3. The van der Waals surface area contributed by atoms with E-state index in [1.54, 1.807) is 11.0 Å². The predicted octanol–water partition coefficient (Wildman–Crippen LogP) is 4.48. The number of amides is 3. The van der Waals surface area contributed by atoms with Gasteiger partial charge in [0.25, 0.3) is 11.8 Å². The molecule has 2 atom stereocenters. The minimum absolute atomic E-state index is 0.0991. The third kappa shape index (κ3) is 7.25. The summed E-state index contributed by atoms with van der Waals surface area (Å²) in [5.74, 6) is -0.467. The highest BCUT2D eigenvalue weighted by atomic mass is 19.1. The second kappa shape index (κ2) is 13.9. The lowest BCUT2D eigenvalue weighted by Crippen LogP contribution is -2.46. The average molecular weight is 591 g/mol. The monoisotopic (exact) mass is 590 g/mol. The van der Waals surface area contributed by atoms with Crippen LogP contribution in [0.2, 0.25) is 0 Å². The van der Waals surface area contributed by atoms with Gasteiger partial charge >= 0.3 is 0 Å². The van der Waals surface area contributed by atoms with E-state index >= 15 is 0 Å². The van der Waals surface area contributed by atoms with Gasteiger partial charge in [0.05, 0.1) is 30.2 Å². The largest absolute Gasteiger partial charge is 0.493 e. The van der Waals surface area contributed by atoms with Crippen molar-refractivity contribution in [3.63, 3.8) is 0 Å². The zero-order valence-corrected chi connectivity index (χ0v) is 24.7. The Balaban J connectivity index is 1.48. The van der Waals surface area contributed by atoms with E-state index in [-0.39, 0.29) is 42.8 Å². The number of ether oxygens (including phenoxy) is 1. The van der Waals surface area contributed by atoms with Crippen molar-refractivity contribution < 1.29 is 27.9 Å². The van der Waals surface area contributed by atoms with Crippen LogP contribution >= 0.6 is 0 Å². The van der Waals surface area contributed by atoms with Gasteiger partial charge in [-0.05, 0) is 56.6 Å². The number of nitrogens with zero attached hydrogens (tertiary/aromatic N) is 2. The van der Waals surface area contributed by atoms with E-state index in [1.165, 1.54) is 12.1 Å². The normalized spacial score (nSPS) is 19.6. The maximum atomic E-state index is 14.3. The number of carbonyl (C=O) groups excluding carboxylic acids is 3. The van der Waals surface area contributed by atoms with Gasteiger partial charge in [-0.3, -0.25) is 19.3 Å². The third-order valence-electron chi connectivity index (χ3n) is 8.13. The number of likely N-dealkylation sites (tertiary alicyclic amines) is 1. The fourth-order valence-electron chi connectivity index (χ4n) is 5.69. The first-order valence-corrected chi connectivity index (χ1v) is 15.1. The Bertz CT molecular complexity index is 1440. The van der Waals surface area contributed by atoms with Crippen LogP contribution in [0.4, 0.5) is 4.39 Å². The molecule has 1 fully saturated rings. The first-order valence-electron chi connectivity index (χ1n) is 15.1. The second-order valence-electron chi connectivity index (χ2n) is 11.1. The lowest BCUT2D eigenvalue weighted by molar-refractivity contribution is -0.125. The number of benzene rings is 2. The molecule has 43 heavy (non-hydrogen) atoms. The maximum absolute atomic E-state index is 14.3. The van der Waals surface area contributed by atoms with E-state index in [4.69, 9.17) is 9.15 Å². The lowest BCUT2D eigenvalue weighted by Gasteiger charge is -2.26. The number of hydrogen-bond donors (Lipinski definition) is 2. The smallest absolute Gasteiger partial charge is 0.257 e. The van der Waals surface area contributed by atoms with Crippen LogP contribution in [0.5, 0.6) is 5.75 Å². The molecule has 0 radical (unpaired) electrons. The van der Waals surface area contributed by atoms with Gasteiger partial charge < -0.3 is 24.7 Å². The number of fused-ring (bicyclic) bond motifs is 4. The first-order chi connectivity index (χ1) is 20.9. The summed E-state index contributed by atoms with van der Waals surface area (Å²) in [6.07, 6.45) is 1.47. The molecule has 0 unspecified atom stereocenters. The number of halogens is 1. The highest BCUT2D eigenvalue weighted by Gasteiger charge is 2.34. The van der Waals surface area contributed by atoms with Crippen LogP contribution in [0.3, 0.4) is 0 Å². The first kappa shape index (κ1) is 30.3. The summed E-state index contributed by atoms with van der Waals surface area (Å²) in [7, 11) is 0. The molecule has 2 aliphatic rings. The molecule has 10 heteroatoms. The minimum atomic E-state index is -0.544. The Morgan fingerprint density at radius 1 is 1.05 bits per heavy atom. The van der Waals surface area contributed by atoms with Crippen molar-refractivity contribution in [2.24, 2.45) is 5.92 Å². The molecular weight excluding hydrogens is 551 g/mol. The third-order valence-corrected chi connectivity index (χ3v) is 8.13. The van der Waals surface area contributed by atoms with Gasteiger partial charge in [-0.2, -0.15) is 0 Å². The summed E-state index contributed by atoms with van der Waals surface area (Å²) in [6, 6.07) is 14.7. The molecule has 3 aromatic rings. The number of hydrogen-bond acceptors (Lipinski definition) is 6. The van der Waals surface area contributed by atoms with E-state index in [0.717, 1.165) is 24.7 Å². The quantitative estimate of drug-likeness (QED) is 0.439. The van der Waals surface area contributed by atoms with Gasteiger partial charge in [0.1, 0.15) is 23.1 Å². The molecule has 0 spiro atoms. The van der Waals surface area contributed by atoms with Crippen LogP contribution in [0.15, 0.2) is 59.0 Å². The Labute approximate surface area is 251 Å². The van der Waals surface area contributed by atoms with E-state index in [1.807, 2.05) is 30.3 Å². The highest BCUT2D eigenvalue weighted by molar-refractivity contribution is 6.00. The van der Waals surface area contributed by atoms with Crippen LogP contribution in [-0.2, 0) is 11.3 Å². The Kier molecular flexibility index (Phi) is 9.76. The standard InChI is InChI=1S/C33H39FN4O5/c1-3-37(4-2)21-26-18-28(30(43-26)22-9-6-5-7-10-22)33(41)38-19-23-11-13-25(20-38)36-32(40)27-17-24(34)12-14-29(27)42-16-8-15-35-31(23)39/h5-7,9-10,12,14,17-18,23,25H,3-4,8,11,13,15-16,19-21H2,1-2H3,(H,35,39)(H,36,40)/t23-,25+/m0/s1. The molecule has 3 heterocycles. The minimum Gasteiger partial charge on any atom is -0.493 e. The Hall–Kier alpha value is -4.18. The average Bonchev–Trinajstić information content (AvgIpc) is 3.32. The molecule has 3 amide bonds. The van der Waals surface area contributed by atoms with Gasteiger partial charge in [-0.15, -0.1) is 0 Å². The van der Waals surface area contributed by atoms with Gasteiger partial charge in [0.2, 0.25) is 5.91 Å². The summed E-state index contributed by atoms with van der Waals surface area (Å²) in [6.45, 7) is 7.40. The fraction of sp³-hybridized carbons (Fsp3) is 0.424. The van der Waals surface area contributed by atoms with Gasteiger partial charge in [-0.25, -0.2) is 4.39 Å². The molecule has 2 N–H and O–H groups in total. The lowest BCUT2D eigenvalue weighted by atomic mass is 10.0. The van der Waals surface area contributed by atoms with Crippen LogP contribution in [0, 0.1) is 11.7 Å². The second-order valence-corrected chi connectivity index (χ2v) is 11.1. The van der Waals surface area contributed by atoms with Gasteiger partial charge in [-0.1, -0.05) is 44.2 Å². The van der Waals surface area contributed by atoms with Crippen LogP contribution in [0.1, 0.15) is 59.6 Å². The van der Waals surface area contributed by atoms with Crippen molar-refractivity contribution in [2.75, 3.05) is 39.3 Å². The summed E-state index contributed by atoms with van der Waals surface area (Å²) in [4.78, 5) is 44.8. The van der Waals surface area contributed by atoms with Gasteiger partial charge in [0.15, 0.2) is 0 Å². The number of carbonyl (C=O) groups is 3. The number of nitrogens with one attached hydrogen (secondary N) is 2. The number of rotatable bonds is 6. The topological polar surface area (TPSA) is 104 Å². The van der Waals surface area contributed by atoms with E-state index in [2.05, 4.69) is 29.4 Å². The van der Waals surface area contributed by atoms with E-state index in [9.17, 15) is 18.8 Å². The van der Waals surface area contributed by atoms with Crippen LogP contribution in [0.25, 0.3) is 11.3 Å². The molecule has 228 valence electrons. The van der Waals surface area contributed by atoms with Crippen LogP contribution in [-0.4, -0.2) is 72.9 Å². The Morgan fingerprint density at radius 3 is 2.60 bits per heavy atom. The molecule has 1 saturated heterocycles. The summed E-state index contributed by atoms with van der Waals surface area (Å²) < 4.78 is 26.2. The molecule has 0 saturated carbocycles. The van der Waals surface area contributed by atoms with Crippen molar-refractivity contribution in [1.82, 2.24) is 20.4 Å². The predicted molar refractivity (Wildman–Crippen MR) is 160 cm³/mol. The SMILES string of the molecule is CCN(CC)Cc1cc(C(=O)N2C[C@H]3CC[C@@H](C2)C(=O)NCCCOc2ccc(F)cc2C(=O)N3)c(-c2ccccc2)o1. The summed E-state index contributed by atoms with van der Waals surface area (Å²) in [5.41, 5.74) is 1.29. The van der Waals surface area contributed by atoms with Crippen molar-refractivity contribution in [1.29, 1.82) is 0 Å². The van der Waals surface area contributed by atoms with E-state index in [0.29, 0.717) is 49.4 Å². The van der Waals surface area contributed by atoms with Crippen LogP contribution < -0.4 is 15.4 Å².